The summed E-state index contributed by atoms with van der Waals surface area (Å²) in [5.41, 5.74) is 1.78. The van der Waals surface area contributed by atoms with Gasteiger partial charge in [-0.25, -0.2) is 4.79 Å². The van der Waals surface area contributed by atoms with Gasteiger partial charge in [0.15, 0.2) is 0 Å². The monoisotopic (exact) mass is 236 g/mol. The third-order valence-corrected chi connectivity index (χ3v) is 2.37. The lowest BCUT2D eigenvalue weighted by Gasteiger charge is -2.09. The number of benzene rings is 1. The highest BCUT2D eigenvalue weighted by Crippen LogP contribution is 2.14. The van der Waals surface area contributed by atoms with Crippen LogP contribution in [-0.4, -0.2) is 19.7 Å². The topological polar surface area (TPSA) is 50.4 Å². The fourth-order valence-corrected chi connectivity index (χ4v) is 1.35. The molecule has 0 aliphatic carbocycles. The molecule has 0 radical (unpaired) electrons. The van der Waals surface area contributed by atoms with E-state index in [1.54, 1.807) is 0 Å². The summed E-state index contributed by atoms with van der Waals surface area (Å²) in [6.07, 6.45) is 0.688. The first-order chi connectivity index (χ1) is 8.11. The minimum absolute atomic E-state index is 0.453. The second kappa shape index (κ2) is 6.78. The highest BCUT2D eigenvalue weighted by Gasteiger charge is 2.00. The summed E-state index contributed by atoms with van der Waals surface area (Å²) >= 11 is 0. The van der Waals surface area contributed by atoms with Crippen LogP contribution in [0.5, 0.6) is 0 Å². The van der Waals surface area contributed by atoms with Gasteiger partial charge in [-0.2, -0.15) is 0 Å². The van der Waals surface area contributed by atoms with Gasteiger partial charge in [0.1, 0.15) is 0 Å². The van der Waals surface area contributed by atoms with Crippen LogP contribution in [0, 0.1) is 5.92 Å². The molecule has 0 aliphatic heterocycles. The molecule has 17 heavy (non-hydrogen) atoms. The lowest BCUT2D eigenvalue weighted by atomic mass is 10.1. The summed E-state index contributed by atoms with van der Waals surface area (Å²) in [6.45, 7) is 5.36. The number of amides is 1. The van der Waals surface area contributed by atoms with Crippen LogP contribution in [0.25, 0.3) is 0 Å². The van der Waals surface area contributed by atoms with Crippen LogP contribution in [0.4, 0.5) is 16.2 Å². The molecule has 2 N–H and O–H groups in total. The van der Waals surface area contributed by atoms with Gasteiger partial charge in [0.25, 0.3) is 0 Å². The molecule has 94 valence electrons. The first-order valence-electron chi connectivity index (χ1n) is 5.80. The van der Waals surface area contributed by atoms with Crippen molar-refractivity contribution in [3.05, 3.63) is 24.3 Å². The van der Waals surface area contributed by atoms with E-state index in [2.05, 4.69) is 29.2 Å². The Balaban J connectivity index is 2.42. The molecule has 0 spiro atoms. The number of nitrogens with one attached hydrogen (secondary N) is 2. The number of methoxy groups -OCH3 is 1. The molecule has 0 bridgehead atoms. The lowest BCUT2D eigenvalue weighted by Crippen LogP contribution is -2.11. The molecule has 0 atom stereocenters. The van der Waals surface area contributed by atoms with Gasteiger partial charge in [-0.05, 0) is 36.6 Å². The molecule has 0 saturated carbocycles. The number of anilines is 2. The van der Waals surface area contributed by atoms with Crippen molar-refractivity contribution in [2.75, 3.05) is 24.3 Å². The predicted molar refractivity (Wildman–Crippen MR) is 70.4 cm³/mol. The summed E-state index contributed by atoms with van der Waals surface area (Å²) in [4.78, 5) is 11.0. The number of carbonyl (C=O) groups is 1. The maximum atomic E-state index is 11.0. The van der Waals surface area contributed by atoms with Crippen LogP contribution in [-0.2, 0) is 4.74 Å². The van der Waals surface area contributed by atoms with Gasteiger partial charge in [-0.3, -0.25) is 5.32 Å². The van der Waals surface area contributed by atoms with Crippen molar-refractivity contribution in [2.45, 2.75) is 20.3 Å². The number of carbonyl (C=O) groups excluding carboxylic acids is 1. The fraction of sp³-hybridized carbons (Fsp3) is 0.462. The zero-order valence-electron chi connectivity index (χ0n) is 10.6. The Morgan fingerprint density at radius 1 is 1.24 bits per heavy atom. The zero-order chi connectivity index (χ0) is 12.7. The summed E-state index contributed by atoms with van der Waals surface area (Å²) in [5, 5.41) is 5.93. The van der Waals surface area contributed by atoms with Crippen molar-refractivity contribution in [1.82, 2.24) is 0 Å². The van der Waals surface area contributed by atoms with Crippen molar-refractivity contribution in [3.63, 3.8) is 0 Å². The number of hydrogen-bond donors (Lipinski definition) is 2. The SMILES string of the molecule is COC(=O)Nc1ccc(NCCC(C)C)cc1. The molecular weight excluding hydrogens is 216 g/mol. The van der Waals surface area contributed by atoms with E-state index in [1.807, 2.05) is 24.3 Å². The van der Waals surface area contributed by atoms with Crippen LogP contribution in [0.2, 0.25) is 0 Å². The lowest BCUT2D eigenvalue weighted by molar-refractivity contribution is 0.187. The second-order valence-electron chi connectivity index (χ2n) is 4.30. The quantitative estimate of drug-likeness (QED) is 0.824. The number of rotatable bonds is 5. The Kier molecular flexibility index (Phi) is 5.33. The molecule has 0 fully saturated rings. The number of ether oxygens (including phenoxy) is 1. The molecule has 0 unspecified atom stereocenters. The van der Waals surface area contributed by atoms with Crippen molar-refractivity contribution >= 4 is 17.5 Å². The van der Waals surface area contributed by atoms with Gasteiger partial charge >= 0.3 is 6.09 Å². The minimum Gasteiger partial charge on any atom is -0.453 e. The smallest absolute Gasteiger partial charge is 0.411 e. The Hall–Kier alpha value is -1.71. The Labute approximate surface area is 102 Å². The first-order valence-corrected chi connectivity index (χ1v) is 5.80. The highest BCUT2D eigenvalue weighted by molar-refractivity contribution is 5.84. The van der Waals surface area contributed by atoms with Crippen molar-refractivity contribution in [2.24, 2.45) is 5.92 Å². The number of hydrogen-bond acceptors (Lipinski definition) is 3. The van der Waals surface area contributed by atoms with Gasteiger partial charge in [0, 0.05) is 17.9 Å². The molecule has 4 nitrogen and oxygen atoms in total. The molecule has 0 aromatic heterocycles. The first kappa shape index (κ1) is 13.4. The van der Waals surface area contributed by atoms with E-state index in [1.165, 1.54) is 7.11 Å². The van der Waals surface area contributed by atoms with Gasteiger partial charge in [0.05, 0.1) is 7.11 Å². The van der Waals surface area contributed by atoms with Gasteiger partial charge in [-0.15, -0.1) is 0 Å². The van der Waals surface area contributed by atoms with Crippen molar-refractivity contribution < 1.29 is 9.53 Å². The molecule has 1 aromatic rings. The third-order valence-electron chi connectivity index (χ3n) is 2.37. The predicted octanol–water partition coefficient (Wildman–Crippen LogP) is 3.32. The van der Waals surface area contributed by atoms with E-state index in [0.717, 1.165) is 24.3 Å². The highest BCUT2D eigenvalue weighted by atomic mass is 16.5. The van der Waals surface area contributed by atoms with Crippen LogP contribution >= 0.6 is 0 Å². The second-order valence-corrected chi connectivity index (χ2v) is 4.30. The van der Waals surface area contributed by atoms with Crippen LogP contribution in [0.3, 0.4) is 0 Å². The van der Waals surface area contributed by atoms with Gasteiger partial charge in [0.2, 0.25) is 0 Å². The average Bonchev–Trinajstić information content (AvgIpc) is 2.31. The fourth-order valence-electron chi connectivity index (χ4n) is 1.35. The van der Waals surface area contributed by atoms with Crippen LogP contribution in [0.1, 0.15) is 20.3 Å². The largest absolute Gasteiger partial charge is 0.453 e. The molecule has 1 amide bonds. The minimum atomic E-state index is -0.453. The van der Waals surface area contributed by atoms with Crippen molar-refractivity contribution in [1.29, 1.82) is 0 Å². The van der Waals surface area contributed by atoms with Gasteiger partial charge < -0.3 is 10.1 Å². The molecular formula is C13H20N2O2. The van der Waals surface area contributed by atoms with E-state index in [-0.39, 0.29) is 0 Å². The van der Waals surface area contributed by atoms with E-state index < -0.39 is 6.09 Å². The Morgan fingerprint density at radius 2 is 1.82 bits per heavy atom. The normalized spacial score (nSPS) is 10.1. The summed E-state index contributed by atoms with van der Waals surface area (Å²) < 4.78 is 4.51. The average molecular weight is 236 g/mol. The van der Waals surface area contributed by atoms with E-state index in [0.29, 0.717) is 5.92 Å². The maximum Gasteiger partial charge on any atom is 0.411 e. The molecule has 0 saturated heterocycles. The molecule has 0 heterocycles. The molecule has 1 aromatic carbocycles. The molecule has 1 rings (SSSR count). The van der Waals surface area contributed by atoms with E-state index in [4.69, 9.17) is 0 Å². The zero-order valence-corrected chi connectivity index (χ0v) is 10.6. The maximum absolute atomic E-state index is 11.0. The van der Waals surface area contributed by atoms with Gasteiger partial charge in [-0.1, -0.05) is 13.8 Å². The van der Waals surface area contributed by atoms with Crippen LogP contribution in [0.15, 0.2) is 24.3 Å². The molecule has 4 heteroatoms. The van der Waals surface area contributed by atoms with E-state index >= 15 is 0 Å². The van der Waals surface area contributed by atoms with Crippen LogP contribution < -0.4 is 10.6 Å². The molecule has 0 aliphatic rings. The van der Waals surface area contributed by atoms with E-state index in [9.17, 15) is 4.79 Å². The summed E-state index contributed by atoms with van der Waals surface area (Å²) in [5.74, 6) is 0.697. The Morgan fingerprint density at radius 3 is 2.35 bits per heavy atom. The Bertz CT molecular complexity index is 347. The third kappa shape index (κ3) is 5.24. The van der Waals surface area contributed by atoms with Crippen molar-refractivity contribution in [3.8, 4) is 0 Å². The summed E-state index contributed by atoms with van der Waals surface area (Å²) in [6, 6.07) is 7.56. The standard InChI is InChI=1S/C13H20N2O2/c1-10(2)8-9-14-11-4-6-12(7-5-11)15-13(16)17-3/h4-7,10,14H,8-9H2,1-3H3,(H,15,16). The summed E-state index contributed by atoms with van der Waals surface area (Å²) in [7, 11) is 1.34.